The second-order valence-electron chi connectivity index (χ2n) is 9.09. The van der Waals surface area contributed by atoms with E-state index < -0.39 is 37.1 Å². The number of hydrogen-bond donors (Lipinski definition) is 4. The van der Waals surface area contributed by atoms with Crippen LogP contribution in [0.15, 0.2) is 30.3 Å². The molecule has 0 spiro atoms. The van der Waals surface area contributed by atoms with Gasteiger partial charge in [-0.05, 0) is 35.7 Å². The van der Waals surface area contributed by atoms with E-state index in [2.05, 4.69) is 0 Å². The summed E-state index contributed by atoms with van der Waals surface area (Å²) in [6, 6.07) is 9.49. The first-order valence-corrected chi connectivity index (χ1v) is 11.0. The molecule has 1 saturated heterocycles. The Kier molecular flexibility index (Phi) is 6.42. The number of halogens is 1. The van der Waals surface area contributed by atoms with Crippen LogP contribution in [-0.2, 0) is 16.6 Å². The van der Waals surface area contributed by atoms with E-state index in [9.17, 15) is 20.4 Å². The van der Waals surface area contributed by atoms with Crippen LogP contribution in [0.5, 0.6) is 11.5 Å². The summed E-state index contributed by atoms with van der Waals surface area (Å²) >= 11 is 6.86. The van der Waals surface area contributed by atoms with Crippen LogP contribution in [0.2, 0.25) is 5.02 Å². The van der Waals surface area contributed by atoms with Crippen molar-refractivity contribution in [3.8, 4) is 11.5 Å². The molecule has 4 N–H and O–H groups in total. The maximum Gasteiger partial charge on any atom is 0.130 e. The molecule has 2 aliphatic rings. The molecule has 7 nitrogen and oxygen atoms in total. The lowest BCUT2D eigenvalue weighted by Crippen LogP contribution is -2.55. The number of benzene rings is 2. The normalized spacial score (nSPS) is 28.8. The Morgan fingerprint density at radius 2 is 1.78 bits per heavy atom. The number of hydrogen-bond acceptors (Lipinski definition) is 7. The van der Waals surface area contributed by atoms with Crippen molar-refractivity contribution in [3.63, 3.8) is 0 Å². The smallest absolute Gasteiger partial charge is 0.130 e. The summed E-state index contributed by atoms with van der Waals surface area (Å²) in [5, 5.41) is 41.4. The molecule has 8 heteroatoms. The summed E-state index contributed by atoms with van der Waals surface area (Å²) in [4.78, 5) is 0. The predicted octanol–water partition coefficient (Wildman–Crippen LogP) is 2.12. The van der Waals surface area contributed by atoms with Crippen molar-refractivity contribution >= 4 is 11.6 Å². The molecule has 0 radical (unpaired) electrons. The molecule has 0 aliphatic carbocycles. The summed E-state index contributed by atoms with van der Waals surface area (Å²) in [6.07, 6.45) is -5.79. The van der Waals surface area contributed by atoms with Crippen LogP contribution < -0.4 is 9.47 Å². The van der Waals surface area contributed by atoms with Crippen LogP contribution in [0, 0.1) is 0 Å². The van der Waals surface area contributed by atoms with Gasteiger partial charge in [-0.3, -0.25) is 0 Å². The van der Waals surface area contributed by atoms with Crippen molar-refractivity contribution in [3.05, 3.63) is 57.6 Å². The molecule has 0 aromatic heterocycles. The number of rotatable bonds is 5. The first-order chi connectivity index (χ1) is 15.2. The topological polar surface area (TPSA) is 109 Å². The van der Waals surface area contributed by atoms with Gasteiger partial charge in [0.25, 0.3) is 0 Å². The fraction of sp³-hybridized carbons (Fsp3) is 0.500. The van der Waals surface area contributed by atoms with Crippen molar-refractivity contribution < 1.29 is 34.6 Å². The first kappa shape index (κ1) is 23.3. The maximum atomic E-state index is 10.7. The standard InChI is InChI=1S/C24H29ClO7/c1-24(2)11-31-22-15(23-21(29)20(28)19(27)16(10-26)32-23)9-13(18(25)17(22)24)8-12-4-6-14(30-3)7-5-12/h4-7,9,16,19-21,23,26-29H,8,10-11H2,1-3H3. The molecule has 0 saturated carbocycles. The lowest BCUT2D eigenvalue weighted by molar-refractivity contribution is -0.232. The van der Waals surface area contributed by atoms with Gasteiger partial charge in [0, 0.05) is 16.5 Å². The van der Waals surface area contributed by atoms with Gasteiger partial charge >= 0.3 is 0 Å². The number of methoxy groups -OCH3 is 1. The van der Waals surface area contributed by atoms with Crippen molar-refractivity contribution in [2.45, 2.75) is 56.2 Å². The highest BCUT2D eigenvalue weighted by atomic mass is 35.5. The van der Waals surface area contributed by atoms with Gasteiger partial charge in [-0.1, -0.05) is 37.6 Å². The van der Waals surface area contributed by atoms with Crippen LogP contribution in [-0.4, -0.2) is 65.2 Å². The molecule has 32 heavy (non-hydrogen) atoms. The summed E-state index contributed by atoms with van der Waals surface area (Å²) < 4.78 is 17.1. The largest absolute Gasteiger partial charge is 0.497 e. The maximum absolute atomic E-state index is 10.7. The molecular weight excluding hydrogens is 436 g/mol. The van der Waals surface area contributed by atoms with Crippen LogP contribution >= 0.6 is 11.6 Å². The van der Waals surface area contributed by atoms with E-state index in [1.54, 1.807) is 7.11 Å². The Hall–Kier alpha value is -1.87. The molecule has 2 aromatic rings. The highest BCUT2D eigenvalue weighted by Crippen LogP contribution is 2.50. The first-order valence-electron chi connectivity index (χ1n) is 10.6. The van der Waals surface area contributed by atoms with Gasteiger partial charge in [0.15, 0.2) is 0 Å². The zero-order valence-corrected chi connectivity index (χ0v) is 19.0. The molecule has 2 aliphatic heterocycles. The molecule has 4 rings (SSSR count). The lowest BCUT2D eigenvalue weighted by atomic mass is 9.82. The molecule has 2 aromatic carbocycles. The summed E-state index contributed by atoms with van der Waals surface area (Å²) in [5.41, 5.74) is 2.82. The van der Waals surface area contributed by atoms with Crippen LogP contribution in [0.3, 0.4) is 0 Å². The van der Waals surface area contributed by atoms with Crippen molar-refractivity contribution in [2.75, 3.05) is 20.3 Å². The van der Waals surface area contributed by atoms with E-state index in [0.29, 0.717) is 29.4 Å². The lowest BCUT2D eigenvalue weighted by Gasteiger charge is -2.40. The second-order valence-corrected chi connectivity index (χ2v) is 9.47. The summed E-state index contributed by atoms with van der Waals surface area (Å²) in [7, 11) is 1.61. The Labute approximate surface area is 192 Å². The summed E-state index contributed by atoms with van der Waals surface area (Å²) in [6.45, 7) is 3.96. The van der Waals surface area contributed by atoms with Crippen molar-refractivity contribution in [1.82, 2.24) is 0 Å². The Morgan fingerprint density at radius 1 is 1.09 bits per heavy atom. The van der Waals surface area contributed by atoms with E-state index in [0.717, 1.165) is 22.4 Å². The molecule has 5 atom stereocenters. The highest BCUT2D eigenvalue weighted by Gasteiger charge is 2.47. The molecule has 1 fully saturated rings. The Bertz CT molecular complexity index is 973. The zero-order chi connectivity index (χ0) is 23.2. The van der Waals surface area contributed by atoms with Crippen molar-refractivity contribution in [2.24, 2.45) is 0 Å². The molecule has 0 bridgehead atoms. The van der Waals surface area contributed by atoms with Gasteiger partial charge in [-0.2, -0.15) is 0 Å². The number of aliphatic hydroxyl groups excluding tert-OH is 4. The quantitative estimate of drug-likeness (QED) is 0.536. The third-order valence-electron chi connectivity index (χ3n) is 6.33. The van der Waals surface area contributed by atoms with Gasteiger partial charge < -0.3 is 34.6 Å². The van der Waals surface area contributed by atoms with E-state index >= 15 is 0 Å². The van der Waals surface area contributed by atoms with Gasteiger partial charge in [0.2, 0.25) is 0 Å². The third kappa shape index (κ3) is 3.98. The second kappa shape index (κ2) is 8.82. The van der Waals surface area contributed by atoms with E-state index in [1.165, 1.54) is 0 Å². The third-order valence-corrected chi connectivity index (χ3v) is 6.76. The number of ether oxygens (including phenoxy) is 3. The Balaban J connectivity index is 1.80. The molecule has 0 amide bonds. The van der Waals surface area contributed by atoms with Gasteiger partial charge in [-0.25, -0.2) is 0 Å². The average Bonchev–Trinajstić information content (AvgIpc) is 3.10. The molecule has 2 heterocycles. The average molecular weight is 465 g/mol. The van der Waals surface area contributed by atoms with Gasteiger partial charge in [0.1, 0.15) is 42.0 Å². The van der Waals surface area contributed by atoms with E-state index in [1.807, 2.05) is 44.2 Å². The minimum atomic E-state index is -1.48. The van der Waals surface area contributed by atoms with E-state index in [-0.39, 0.29) is 5.41 Å². The monoisotopic (exact) mass is 464 g/mol. The van der Waals surface area contributed by atoms with Gasteiger partial charge in [0.05, 0.1) is 25.3 Å². The minimum Gasteiger partial charge on any atom is -0.497 e. The SMILES string of the molecule is COc1ccc(Cc2cc(C3OC(CO)C(O)C(O)C3O)c3c(c2Cl)C(C)(C)CO3)cc1. The van der Waals surface area contributed by atoms with Gasteiger partial charge in [-0.15, -0.1) is 0 Å². The van der Waals surface area contributed by atoms with Crippen LogP contribution in [0.1, 0.15) is 42.2 Å². The van der Waals surface area contributed by atoms with Crippen molar-refractivity contribution in [1.29, 1.82) is 0 Å². The molecular formula is C24H29ClO7. The molecule has 174 valence electrons. The Morgan fingerprint density at radius 3 is 2.41 bits per heavy atom. The van der Waals surface area contributed by atoms with Crippen LogP contribution in [0.4, 0.5) is 0 Å². The highest BCUT2D eigenvalue weighted by molar-refractivity contribution is 6.32. The summed E-state index contributed by atoms with van der Waals surface area (Å²) in [5.74, 6) is 1.27. The fourth-order valence-corrected chi connectivity index (χ4v) is 4.93. The minimum absolute atomic E-state index is 0.370. The number of fused-ring (bicyclic) bond motifs is 1. The molecule has 5 unspecified atom stereocenters. The number of aliphatic hydroxyl groups is 4. The fourth-order valence-electron chi connectivity index (χ4n) is 4.47. The van der Waals surface area contributed by atoms with E-state index in [4.69, 9.17) is 25.8 Å². The zero-order valence-electron chi connectivity index (χ0n) is 18.3. The van der Waals surface area contributed by atoms with Crippen LogP contribution in [0.25, 0.3) is 0 Å². The predicted molar refractivity (Wildman–Crippen MR) is 118 cm³/mol.